The second-order valence-electron chi connectivity index (χ2n) is 8.73. The van der Waals surface area contributed by atoms with E-state index in [1.54, 1.807) is 0 Å². The highest BCUT2D eigenvalue weighted by atomic mass is 32.2. The first kappa shape index (κ1) is 24.7. The first-order valence-electron chi connectivity index (χ1n) is 11.1. The van der Waals surface area contributed by atoms with E-state index >= 15 is 0 Å². The van der Waals surface area contributed by atoms with Crippen molar-refractivity contribution in [2.24, 2.45) is 11.8 Å². The van der Waals surface area contributed by atoms with Crippen molar-refractivity contribution in [3.05, 3.63) is 45.8 Å². The van der Waals surface area contributed by atoms with Gasteiger partial charge in [-0.3, -0.25) is 24.8 Å². The molecule has 0 unspecified atom stereocenters. The molecule has 3 N–H and O–H groups in total. The highest BCUT2D eigenvalue weighted by Gasteiger charge is 2.25. The molecule has 2 amide bonds. The summed E-state index contributed by atoms with van der Waals surface area (Å²) in [7, 11) is 0. The van der Waals surface area contributed by atoms with E-state index in [4.69, 9.17) is 0 Å². The molecule has 2 aromatic rings. The van der Waals surface area contributed by atoms with Crippen molar-refractivity contribution >= 4 is 29.3 Å². The number of benzene rings is 1. The van der Waals surface area contributed by atoms with E-state index in [9.17, 15) is 19.7 Å². The molecule has 178 valence electrons. The van der Waals surface area contributed by atoms with E-state index in [0.29, 0.717) is 16.9 Å². The van der Waals surface area contributed by atoms with Crippen LogP contribution in [0.2, 0.25) is 0 Å². The van der Waals surface area contributed by atoms with E-state index in [-0.39, 0.29) is 34.9 Å². The topological polar surface area (TPSA) is 143 Å². The lowest BCUT2D eigenvalue weighted by Gasteiger charge is -2.29. The summed E-state index contributed by atoms with van der Waals surface area (Å²) in [5, 5.41) is 24.4. The molecule has 0 aliphatic heterocycles. The summed E-state index contributed by atoms with van der Waals surface area (Å²) in [6, 6.07) is 5.31. The van der Waals surface area contributed by atoms with Crippen molar-refractivity contribution in [2.75, 3.05) is 5.75 Å². The van der Waals surface area contributed by atoms with Crippen LogP contribution in [0.1, 0.15) is 68.7 Å². The standard InChI is InChI=1S/C22H30N6O4S/c1-13(2)19(24-21(30)15-8-6-9-16(11-15)28(31)32)20-25-22(27-26-20)33-12-18(29)23-17-10-5-4-7-14(17)3/h6,8-9,11,13-14,17,19H,4-5,7,10,12H2,1-3H3,(H,23,29)(H,24,30)(H,25,26,27)/t14-,17-,19-/m0/s1. The second kappa shape index (κ2) is 11.3. The number of rotatable bonds is 9. The monoisotopic (exact) mass is 474 g/mol. The van der Waals surface area contributed by atoms with Gasteiger partial charge in [0, 0.05) is 23.7 Å². The number of nitro benzene ring substituents is 1. The van der Waals surface area contributed by atoms with Gasteiger partial charge in [-0.15, -0.1) is 5.10 Å². The molecule has 0 spiro atoms. The summed E-state index contributed by atoms with van der Waals surface area (Å²) >= 11 is 1.24. The van der Waals surface area contributed by atoms with Crippen LogP contribution < -0.4 is 10.6 Å². The highest BCUT2D eigenvalue weighted by Crippen LogP contribution is 2.25. The Hall–Kier alpha value is -2.95. The van der Waals surface area contributed by atoms with Crippen LogP contribution in [0.25, 0.3) is 0 Å². The van der Waals surface area contributed by atoms with Crippen molar-refractivity contribution in [3.63, 3.8) is 0 Å². The van der Waals surface area contributed by atoms with Crippen molar-refractivity contribution < 1.29 is 14.5 Å². The van der Waals surface area contributed by atoms with Crippen molar-refractivity contribution in [1.82, 2.24) is 25.8 Å². The Labute approximate surface area is 196 Å². The maximum atomic E-state index is 12.7. The van der Waals surface area contributed by atoms with E-state index < -0.39 is 16.9 Å². The molecular weight excluding hydrogens is 444 g/mol. The zero-order valence-electron chi connectivity index (χ0n) is 19.0. The van der Waals surface area contributed by atoms with E-state index in [0.717, 1.165) is 19.3 Å². The first-order valence-corrected chi connectivity index (χ1v) is 12.1. The molecule has 1 saturated carbocycles. The number of hydrogen-bond acceptors (Lipinski definition) is 7. The average Bonchev–Trinajstić information content (AvgIpc) is 3.26. The number of nitrogens with zero attached hydrogens (tertiary/aromatic N) is 3. The van der Waals surface area contributed by atoms with E-state index in [2.05, 4.69) is 32.7 Å². The smallest absolute Gasteiger partial charge is 0.270 e. The lowest BCUT2D eigenvalue weighted by molar-refractivity contribution is -0.384. The predicted octanol–water partition coefficient (Wildman–Crippen LogP) is 3.63. The summed E-state index contributed by atoms with van der Waals surface area (Å²) in [4.78, 5) is 39.9. The molecule has 1 aliphatic carbocycles. The largest absolute Gasteiger partial charge is 0.352 e. The van der Waals surface area contributed by atoms with Gasteiger partial charge in [-0.2, -0.15) is 0 Å². The van der Waals surface area contributed by atoms with Gasteiger partial charge in [0.1, 0.15) is 5.82 Å². The van der Waals surface area contributed by atoms with Crippen LogP contribution in [0.15, 0.2) is 29.4 Å². The third-order valence-corrected chi connectivity index (χ3v) is 6.69. The number of hydrogen-bond donors (Lipinski definition) is 3. The zero-order chi connectivity index (χ0) is 24.0. The minimum Gasteiger partial charge on any atom is -0.352 e. The third-order valence-electron chi connectivity index (χ3n) is 5.84. The Morgan fingerprint density at radius 2 is 2.06 bits per heavy atom. The molecule has 3 atom stereocenters. The Morgan fingerprint density at radius 3 is 2.76 bits per heavy atom. The second-order valence-corrected chi connectivity index (χ2v) is 9.67. The molecule has 1 aromatic carbocycles. The van der Waals surface area contributed by atoms with Gasteiger partial charge in [-0.25, -0.2) is 4.98 Å². The Kier molecular flexibility index (Phi) is 8.43. The van der Waals surface area contributed by atoms with Crippen molar-refractivity contribution in [1.29, 1.82) is 0 Å². The summed E-state index contributed by atoms with van der Waals surface area (Å²) < 4.78 is 0. The summed E-state index contributed by atoms with van der Waals surface area (Å²) in [6.07, 6.45) is 4.52. The van der Waals surface area contributed by atoms with Crippen LogP contribution in [0.5, 0.6) is 0 Å². The minimum atomic E-state index is -0.540. The third kappa shape index (κ3) is 6.77. The van der Waals surface area contributed by atoms with Crippen molar-refractivity contribution in [2.45, 2.75) is 63.7 Å². The Morgan fingerprint density at radius 1 is 1.30 bits per heavy atom. The molecule has 0 radical (unpaired) electrons. The molecule has 1 aliphatic rings. The van der Waals surface area contributed by atoms with E-state index in [1.807, 2.05) is 13.8 Å². The molecule has 1 fully saturated rings. The molecule has 3 rings (SSSR count). The molecule has 1 heterocycles. The first-order chi connectivity index (χ1) is 15.7. The number of nitro groups is 1. The number of amides is 2. The predicted molar refractivity (Wildman–Crippen MR) is 125 cm³/mol. The number of carbonyl (C=O) groups is 2. The van der Waals surface area contributed by atoms with Gasteiger partial charge >= 0.3 is 0 Å². The fraction of sp³-hybridized carbons (Fsp3) is 0.545. The molecule has 0 saturated heterocycles. The van der Waals surface area contributed by atoms with Crippen LogP contribution in [0, 0.1) is 22.0 Å². The number of aromatic nitrogens is 3. The quantitative estimate of drug-likeness (QED) is 0.286. The van der Waals surface area contributed by atoms with E-state index in [1.165, 1.54) is 42.4 Å². The van der Waals surface area contributed by atoms with Crippen LogP contribution in [0.3, 0.4) is 0 Å². The molecule has 0 bridgehead atoms. The molecule has 1 aromatic heterocycles. The van der Waals surface area contributed by atoms with Gasteiger partial charge in [0.25, 0.3) is 11.6 Å². The van der Waals surface area contributed by atoms with Crippen LogP contribution in [-0.4, -0.2) is 43.7 Å². The molecule has 33 heavy (non-hydrogen) atoms. The summed E-state index contributed by atoms with van der Waals surface area (Å²) in [5.41, 5.74) is 0.0422. The van der Waals surface area contributed by atoms with Gasteiger partial charge in [-0.05, 0) is 30.7 Å². The zero-order valence-corrected chi connectivity index (χ0v) is 19.9. The van der Waals surface area contributed by atoms with Crippen LogP contribution in [-0.2, 0) is 4.79 Å². The van der Waals surface area contributed by atoms with Gasteiger partial charge < -0.3 is 10.6 Å². The highest BCUT2D eigenvalue weighted by molar-refractivity contribution is 7.99. The normalized spacial score (nSPS) is 19.2. The number of carbonyl (C=O) groups excluding carboxylic acids is 2. The van der Waals surface area contributed by atoms with Gasteiger partial charge in [0.15, 0.2) is 0 Å². The molecular formula is C22H30N6O4S. The van der Waals surface area contributed by atoms with Crippen LogP contribution >= 0.6 is 11.8 Å². The maximum absolute atomic E-state index is 12.7. The maximum Gasteiger partial charge on any atom is 0.270 e. The molecule has 11 heteroatoms. The number of non-ortho nitro benzene ring substituents is 1. The SMILES string of the molecule is CC(C)[C@H](NC(=O)c1cccc([N+](=O)[O-])c1)c1nc(SCC(=O)N[C@H]2CCCC[C@@H]2C)n[nH]1. The fourth-order valence-electron chi connectivity index (χ4n) is 3.91. The Bertz CT molecular complexity index is 995. The van der Waals surface area contributed by atoms with Gasteiger partial charge in [0.05, 0.1) is 16.7 Å². The average molecular weight is 475 g/mol. The van der Waals surface area contributed by atoms with Crippen LogP contribution in [0.4, 0.5) is 5.69 Å². The van der Waals surface area contributed by atoms with Crippen molar-refractivity contribution in [3.8, 4) is 0 Å². The fourth-order valence-corrected chi connectivity index (χ4v) is 4.52. The van der Waals surface area contributed by atoms with Gasteiger partial charge in [0.2, 0.25) is 11.1 Å². The minimum absolute atomic E-state index is 0.0189. The lowest BCUT2D eigenvalue weighted by Crippen LogP contribution is -2.41. The molecule has 10 nitrogen and oxygen atoms in total. The summed E-state index contributed by atoms with van der Waals surface area (Å²) in [6.45, 7) is 6.02. The summed E-state index contributed by atoms with van der Waals surface area (Å²) in [5.74, 6) is 0.673. The number of thioether (sulfide) groups is 1. The Balaban J connectivity index is 1.59. The van der Waals surface area contributed by atoms with Gasteiger partial charge in [-0.1, -0.05) is 51.4 Å². The number of nitrogens with one attached hydrogen (secondary N) is 3. The number of aromatic amines is 1. The lowest BCUT2D eigenvalue weighted by atomic mass is 9.86. The number of H-pyrrole nitrogens is 1.